The van der Waals surface area contributed by atoms with Crippen molar-refractivity contribution in [3.63, 3.8) is 0 Å². The summed E-state index contributed by atoms with van der Waals surface area (Å²) in [6, 6.07) is 14.9. The molecule has 2 fully saturated rings. The first-order valence-corrected chi connectivity index (χ1v) is 16.0. The van der Waals surface area contributed by atoms with Crippen LogP contribution in [-0.4, -0.2) is 74.8 Å². The van der Waals surface area contributed by atoms with Crippen LogP contribution in [0.5, 0.6) is 11.5 Å². The smallest absolute Gasteiger partial charge is 0.416 e. The highest BCUT2D eigenvalue weighted by molar-refractivity contribution is 5.77. The average molecular weight is 652 g/mol. The minimum Gasteiger partial charge on any atom is -0.504 e. The lowest BCUT2D eigenvalue weighted by molar-refractivity contribution is -0.386. The van der Waals surface area contributed by atoms with Gasteiger partial charge in [0, 0.05) is 37.2 Å². The first-order chi connectivity index (χ1) is 22.3. The molecule has 0 radical (unpaired) electrons. The standard InChI is InChI=1S/C35H36F3N3O6/c1-39(29(43)12-9-22-7-10-23(11-8-22)35(36,37)38)25-13-15-34(44)28-19-24-26(41(45)46)20-27(42)31-30(24)33(34,32(25)47-31)16-18-40(28)17-14-21-5-3-2-4-6-21/h2-8,10-11,20,25,28,32,42,44H,9,12-19H2,1H3/t25?,28-,32?,33+,34-/m1/s1. The minimum atomic E-state index is -4.44. The summed E-state index contributed by atoms with van der Waals surface area (Å²) in [6.07, 6.45) is -2.79. The molecule has 2 aliphatic heterocycles. The van der Waals surface area contributed by atoms with Gasteiger partial charge in [-0.1, -0.05) is 42.5 Å². The largest absolute Gasteiger partial charge is 0.504 e. The Morgan fingerprint density at radius 1 is 1.11 bits per heavy atom. The Balaban J connectivity index is 1.19. The zero-order chi connectivity index (χ0) is 33.3. The Hall–Kier alpha value is -4.16. The SMILES string of the molecule is CN(C(=O)CCc1ccc(C(F)(F)F)cc1)C1CC[C@@]2(O)[C@H]3Cc4c([N+](=O)[O-])cc(O)c5c4[C@@]2(CCN3CCc2ccccc2)C1O5. The summed E-state index contributed by atoms with van der Waals surface area (Å²) in [5, 5.41) is 36.1. The van der Waals surface area contributed by atoms with Crippen molar-refractivity contribution < 1.29 is 37.8 Å². The van der Waals surface area contributed by atoms with E-state index in [2.05, 4.69) is 4.90 Å². The summed E-state index contributed by atoms with van der Waals surface area (Å²) < 4.78 is 45.5. The first kappa shape index (κ1) is 31.4. The number of likely N-dealkylation sites (N-methyl/N-ethyl adjacent to an activating group) is 1. The lowest BCUT2D eigenvalue weighted by Gasteiger charge is -2.64. The van der Waals surface area contributed by atoms with Crippen LogP contribution in [0, 0.1) is 10.1 Å². The zero-order valence-corrected chi connectivity index (χ0v) is 25.9. The second-order valence-electron chi connectivity index (χ2n) is 13.3. The van der Waals surface area contributed by atoms with Gasteiger partial charge in [-0.25, -0.2) is 0 Å². The number of piperidine rings is 1. The highest BCUT2D eigenvalue weighted by Gasteiger charge is 2.74. The van der Waals surface area contributed by atoms with E-state index in [1.165, 1.54) is 12.1 Å². The normalized spacial score (nSPS) is 27.6. The number of hydrogen-bond donors (Lipinski definition) is 2. The molecule has 7 rings (SSSR count). The van der Waals surface area contributed by atoms with E-state index in [0.717, 1.165) is 30.2 Å². The van der Waals surface area contributed by atoms with E-state index in [1.807, 2.05) is 30.3 Å². The van der Waals surface area contributed by atoms with Gasteiger partial charge in [-0.15, -0.1) is 0 Å². The van der Waals surface area contributed by atoms with Crippen LogP contribution in [0.15, 0.2) is 60.7 Å². The van der Waals surface area contributed by atoms with Crippen LogP contribution in [0.1, 0.15) is 53.5 Å². The van der Waals surface area contributed by atoms with Crippen molar-refractivity contribution in [2.75, 3.05) is 20.1 Å². The first-order valence-electron chi connectivity index (χ1n) is 16.0. The number of aliphatic hydroxyl groups is 1. The quantitative estimate of drug-likeness (QED) is 0.255. The van der Waals surface area contributed by atoms with Crippen molar-refractivity contribution in [2.45, 2.75) is 80.3 Å². The van der Waals surface area contributed by atoms with E-state index in [-0.39, 0.29) is 42.4 Å². The third-order valence-electron chi connectivity index (χ3n) is 11.2. The predicted octanol–water partition coefficient (Wildman–Crippen LogP) is 5.18. The number of nitro benzene ring substituents is 1. The highest BCUT2D eigenvalue weighted by Crippen LogP contribution is 2.67. The van der Waals surface area contributed by atoms with Gasteiger partial charge < -0.3 is 19.8 Å². The molecule has 9 nitrogen and oxygen atoms in total. The molecule has 2 aliphatic carbocycles. The molecule has 47 heavy (non-hydrogen) atoms. The highest BCUT2D eigenvalue weighted by atomic mass is 19.4. The number of halogens is 3. The second kappa shape index (κ2) is 11.2. The molecule has 248 valence electrons. The van der Waals surface area contributed by atoms with Crippen molar-refractivity contribution >= 4 is 11.6 Å². The third-order valence-corrected chi connectivity index (χ3v) is 11.2. The number of rotatable bonds is 8. The number of carbonyl (C=O) groups excluding carboxylic acids is 1. The van der Waals surface area contributed by atoms with Gasteiger partial charge in [0.25, 0.3) is 5.69 Å². The van der Waals surface area contributed by atoms with Crippen molar-refractivity contribution in [3.05, 3.63) is 98.6 Å². The van der Waals surface area contributed by atoms with Gasteiger partial charge >= 0.3 is 6.18 Å². The number of nitro groups is 1. The molecule has 2 heterocycles. The minimum absolute atomic E-state index is 0.0488. The van der Waals surface area contributed by atoms with Crippen LogP contribution in [-0.2, 0) is 35.6 Å². The zero-order valence-electron chi connectivity index (χ0n) is 25.9. The van der Waals surface area contributed by atoms with E-state index in [1.54, 1.807) is 11.9 Å². The van der Waals surface area contributed by atoms with Gasteiger partial charge in [-0.3, -0.25) is 19.8 Å². The van der Waals surface area contributed by atoms with Gasteiger partial charge in [0.1, 0.15) is 6.10 Å². The van der Waals surface area contributed by atoms with Gasteiger partial charge in [0.15, 0.2) is 11.5 Å². The maximum atomic E-state index is 13.6. The van der Waals surface area contributed by atoms with E-state index < -0.39 is 45.9 Å². The van der Waals surface area contributed by atoms with E-state index in [4.69, 9.17) is 4.74 Å². The summed E-state index contributed by atoms with van der Waals surface area (Å²) in [5.74, 6) is -0.455. The van der Waals surface area contributed by atoms with Crippen molar-refractivity contribution in [3.8, 4) is 11.5 Å². The number of nitrogens with zero attached hydrogens (tertiary/aromatic N) is 3. The summed E-state index contributed by atoms with van der Waals surface area (Å²) >= 11 is 0. The second-order valence-corrected chi connectivity index (χ2v) is 13.3. The van der Waals surface area contributed by atoms with Crippen LogP contribution in [0.4, 0.5) is 18.9 Å². The molecule has 0 aromatic heterocycles. The Kier molecular flexibility index (Phi) is 7.51. The number of carbonyl (C=O) groups is 1. The lowest BCUT2D eigenvalue weighted by atomic mass is 9.48. The number of likely N-dealkylation sites (tertiary alicyclic amines) is 1. The van der Waals surface area contributed by atoms with Gasteiger partial charge in [-0.05, 0) is 68.3 Å². The Bertz CT molecular complexity index is 1720. The molecular weight excluding hydrogens is 615 g/mol. The molecule has 1 saturated heterocycles. The van der Waals surface area contributed by atoms with Gasteiger partial charge in [-0.2, -0.15) is 13.2 Å². The molecule has 3 aromatic rings. The molecule has 3 aromatic carbocycles. The summed E-state index contributed by atoms with van der Waals surface area (Å²) in [6.45, 7) is 1.25. The summed E-state index contributed by atoms with van der Waals surface area (Å²) in [4.78, 5) is 29.2. The number of benzene rings is 3. The number of aryl methyl sites for hydroxylation is 1. The summed E-state index contributed by atoms with van der Waals surface area (Å²) in [5.41, 5.74) is -0.670. The number of ether oxygens (including phenoxy) is 1. The number of alkyl halides is 3. The van der Waals surface area contributed by atoms with E-state index in [9.17, 15) is 38.3 Å². The Labute approximate surface area is 269 Å². The molecule has 2 bridgehead atoms. The van der Waals surface area contributed by atoms with Crippen molar-refractivity contribution in [2.24, 2.45) is 0 Å². The van der Waals surface area contributed by atoms with Crippen LogP contribution >= 0.6 is 0 Å². The molecule has 2 N–H and O–H groups in total. The van der Waals surface area contributed by atoms with Crippen LogP contribution in [0.3, 0.4) is 0 Å². The number of aromatic hydroxyl groups is 1. The fourth-order valence-corrected chi connectivity index (χ4v) is 8.89. The molecule has 1 saturated carbocycles. The van der Waals surface area contributed by atoms with Gasteiger partial charge in [0.05, 0.1) is 33.6 Å². The van der Waals surface area contributed by atoms with E-state index >= 15 is 0 Å². The molecule has 1 spiro atoms. The molecule has 2 unspecified atom stereocenters. The van der Waals surface area contributed by atoms with E-state index in [0.29, 0.717) is 49.0 Å². The number of amides is 1. The summed E-state index contributed by atoms with van der Waals surface area (Å²) in [7, 11) is 1.66. The number of hydrogen-bond acceptors (Lipinski definition) is 7. The molecule has 1 amide bonds. The fourth-order valence-electron chi connectivity index (χ4n) is 8.89. The van der Waals surface area contributed by atoms with Crippen molar-refractivity contribution in [1.82, 2.24) is 9.80 Å². The Morgan fingerprint density at radius 3 is 2.49 bits per heavy atom. The maximum absolute atomic E-state index is 13.6. The maximum Gasteiger partial charge on any atom is 0.416 e. The molecular formula is C35H36F3N3O6. The third kappa shape index (κ3) is 4.86. The monoisotopic (exact) mass is 651 g/mol. The number of phenols is 1. The molecule has 4 aliphatic rings. The van der Waals surface area contributed by atoms with Gasteiger partial charge in [0.2, 0.25) is 5.91 Å². The van der Waals surface area contributed by atoms with Crippen LogP contribution in [0.2, 0.25) is 0 Å². The topological polar surface area (TPSA) is 116 Å². The molecule has 12 heteroatoms. The predicted molar refractivity (Wildman–Crippen MR) is 165 cm³/mol. The van der Waals surface area contributed by atoms with Crippen LogP contribution in [0.25, 0.3) is 0 Å². The van der Waals surface area contributed by atoms with Crippen molar-refractivity contribution in [1.29, 1.82) is 0 Å². The lowest BCUT2D eigenvalue weighted by Crippen LogP contribution is -2.78. The average Bonchev–Trinajstić information content (AvgIpc) is 3.39. The molecule has 5 atom stereocenters. The number of phenolic OH excluding ortho intramolecular Hbond substituents is 1. The van der Waals surface area contributed by atoms with Crippen LogP contribution < -0.4 is 4.74 Å². The Morgan fingerprint density at radius 2 is 1.81 bits per heavy atom. The fraction of sp³-hybridized carbons (Fsp3) is 0.457.